The van der Waals surface area contributed by atoms with Gasteiger partial charge in [-0.15, -0.1) is 0 Å². The van der Waals surface area contributed by atoms with Crippen LogP contribution in [0.3, 0.4) is 0 Å². The molecule has 0 bridgehead atoms. The molecule has 10 heterocycles. The maximum absolute atomic E-state index is 14.3. The lowest BCUT2D eigenvalue weighted by atomic mass is 9.91. The van der Waals surface area contributed by atoms with Gasteiger partial charge in [-0.05, 0) is 122 Å². The second-order valence-electron chi connectivity index (χ2n) is 29.1. The highest BCUT2D eigenvalue weighted by Gasteiger charge is 2.56. The molecule has 10 aromatic rings. The smallest absolute Gasteiger partial charge is 0.260 e. The number of fused-ring (bicyclic) bond motifs is 3. The van der Waals surface area contributed by atoms with Gasteiger partial charge >= 0.3 is 0 Å². The molecular weight excluding hydrogens is 1790 g/mol. The third-order valence-electron chi connectivity index (χ3n) is 21.3. The number of carbonyl (C=O) groups is 5. The number of piperazine rings is 3. The Morgan fingerprint density at radius 1 is 0.433 bits per heavy atom. The van der Waals surface area contributed by atoms with Gasteiger partial charge in [0.2, 0.25) is 29.7 Å². The highest BCUT2D eigenvalue weighted by molar-refractivity contribution is 9.10. The molecule has 3 fully saturated rings. The summed E-state index contributed by atoms with van der Waals surface area (Å²) in [5, 5.41) is 14.0. The Kier molecular flexibility index (Phi) is 27.5. The molecule has 5 amide bonds. The number of nitriles is 1. The lowest BCUT2D eigenvalue weighted by Crippen LogP contribution is -2.50. The maximum Gasteiger partial charge on any atom is 0.260 e. The Morgan fingerprint density at radius 3 is 1.02 bits per heavy atom. The van der Waals surface area contributed by atoms with Crippen LogP contribution in [0.2, 0.25) is 30.1 Å². The highest BCUT2D eigenvalue weighted by Crippen LogP contribution is 2.49. The van der Waals surface area contributed by atoms with Gasteiger partial charge in [-0.25, -0.2) is 64.9 Å². The SMILES string of the molecule is C.C.C.CC(=O)N1CCN(S(=O)(=O)c2cnc3n2[C@](C)(Cc2ccc(Br)cc2)C(=O)N3c2cc(Cl)cc(Cl)c2)CC1.CC(=O)N1CCN(S(=O)(=O)c2cnc3n2[C@](C)(Cc2ccc(C#N)cc2)C(=O)N3c2cc(Cl)cc(Cl)c2)CC1.C[C@@]1(Cc2ccc(-c3cncnc3)cc2)C(=O)N(c2cc(Cl)cc(Cl)c2)c2ncc(S(=O)(=O)N3CCNCC3)n21. The number of nitrogens with zero attached hydrogens (tertiary/aromatic N) is 17. The first kappa shape index (κ1) is 91.5. The van der Waals surface area contributed by atoms with Crippen molar-refractivity contribution in [3.05, 3.63) is 222 Å². The van der Waals surface area contributed by atoms with Crippen LogP contribution in [-0.4, -0.2) is 195 Å². The molecule has 6 aliphatic rings. The van der Waals surface area contributed by atoms with Gasteiger partial charge in [0.05, 0.1) is 47.3 Å². The first-order chi connectivity index (χ1) is 55.5. The van der Waals surface area contributed by atoms with Crippen LogP contribution >= 0.6 is 85.5 Å². The minimum absolute atomic E-state index is 0. The molecule has 0 unspecified atom stereocenters. The number of aromatic nitrogens is 8. The van der Waals surface area contributed by atoms with E-state index in [0.29, 0.717) is 78.9 Å². The summed E-state index contributed by atoms with van der Waals surface area (Å²) in [5.74, 6) is -0.858. The normalized spacial score (nSPS) is 19.4. The molecule has 39 heteroatoms. The van der Waals surface area contributed by atoms with Crippen LogP contribution in [-0.2, 0) is 89.9 Å². The molecule has 16 rings (SSSR count). The molecule has 6 aliphatic heterocycles. The van der Waals surface area contributed by atoms with Gasteiger partial charge in [0, 0.05) is 164 Å². The number of benzene rings is 6. The van der Waals surface area contributed by atoms with Crippen molar-refractivity contribution in [3.63, 3.8) is 0 Å². The predicted molar refractivity (Wildman–Crippen MR) is 466 cm³/mol. The van der Waals surface area contributed by atoms with E-state index in [2.05, 4.69) is 52.2 Å². The third-order valence-corrected chi connectivity index (χ3v) is 28.7. The van der Waals surface area contributed by atoms with Gasteiger partial charge < -0.3 is 15.1 Å². The van der Waals surface area contributed by atoms with Crippen LogP contribution in [0.25, 0.3) is 11.1 Å². The lowest BCUT2D eigenvalue weighted by Gasteiger charge is -2.34. The van der Waals surface area contributed by atoms with Crippen LogP contribution in [0.1, 0.15) is 79.2 Å². The molecule has 3 atom stereocenters. The van der Waals surface area contributed by atoms with Crippen LogP contribution in [0, 0.1) is 11.3 Å². The van der Waals surface area contributed by atoms with Crippen molar-refractivity contribution in [3.8, 4) is 17.2 Å². The van der Waals surface area contributed by atoms with Crippen LogP contribution in [0.4, 0.5) is 34.9 Å². The number of rotatable bonds is 16. The van der Waals surface area contributed by atoms with Gasteiger partial charge in [-0.3, -0.25) is 37.7 Å². The van der Waals surface area contributed by atoms with Crippen molar-refractivity contribution in [1.82, 2.24) is 66.7 Å². The van der Waals surface area contributed by atoms with Gasteiger partial charge in [-0.2, -0.15) is 18.2 Å². The zero-order valence-corrected chi connectivity index (χ0v) is 71.7. The van der Waals surface area contributed by atoms with E-state index in [0.717, 1.165) is 32.3 Å². The van der Waals surface area contributed by atoms with Crippen LogP contribution < -0.4 is 20.0 Å². The first-order valence-electron chi connectivity index (χ1n) is 36.5. The van der Waals surface area contributed by atoms with Crippen molar-refractivity contribution in [2.45, 2.75) is 108 Å². The zero-order chi connectivity index (χ0) is 83.6. The number of hydrogen-bond donors (Lipinski definition) is 1. The number of carbonyl (C=O) groups excluding carboxylic acids is 5. The molecule has 1 N–H and O–H groups in total. The third kappa shape index (κ3) is 17.5. The molecule has 0 spiro atoms. The maximum atomic E-state index is 14.3. The summed E-state index contributed by atoms with van der Waals surface area (Å²) in [4.78, 5) is 94.8. The van der Waals surface area contributed by atoms with E-state index >= 15 is 0 Å². The number of nitrogens with one attached hydrogen (secondary N) is 1. The van der Waals surface area contributed by atoms with E-state index in [4.69, 9.17) is 69.6 Å². The second-order valence-corrected chi connectivity index (χ2v) is 38.3. The average Bonchev–Trinajstić information content (AvgIpc) is 1.56. The monoisotopic (exact) mass is 1870 g/mol. The van der Waals surface area contributed by atoms with Crippen LogP contribution in [0.5, 0.6) is 0 Å². The molecule has 4 aromatic heterocycles. The summed E-state index contributed by atoms with van der Waals surface area (Å²) >= 11 is 41.0. The standard InChI is InChI=1S/C27H25Cl2N7O3S.C26H24Cl2N6O4S.C25H24BrCl2N5O4S.3CH4/c1-27(13-18-2-4-19(5-3-18)20-14-31-17-32-15-20)25(37)35(23-11-21(28)10-22(29)12-23)26-33-16-24(36(26)27)40(38,39)34-8-6-30-7-9-34;1-17(35)31-7-9-32(10-8-31)39(37,38)23-16-30-25-33(22-12-20(27)11-21(28)13-22)24(36)26(2,34(23)25)14-18-3-5-19(15-29)6-4-18;1-16(34)30-7-9-31(10-8-30)38(36,37)22-15-29-24-32(21-12-19(27)11-20(28)13-21)23(35)25(2,33(22)24)14-17-3-5-18(26)6-4-17;;;/h2-5,10-12,14-17,30H,6-9,13H2,1H3;3-6,11-13,16H,7-10,14H2,1-2H3;3-6,11-13,15H,7-10,14H2,1-2H3;3*1H4/t27-;26-;25-;;;/m111.../s1. The second kappa shape index (κ2) is 36.1. The number of anilines is 6. The Bertz CT molecular complexity index is 5950. The Hall–Kier alpha value is -9.22. The largest absolute Gasteiger partial charge is 0.340 e. The number of hydrogen-bond acceptors (Lipinski definition) is 18. The van der Waals surface area contributed by atoms with Gasteiger partial charge in [0.1, 0.15) is 22.9 Å². The zero-order valence-electron chi connectivity index (χ0n) is 63.2. The van der Waals surface area contributed by atoms with E-state index < -0.39 is 52.6 Å². The molecule has 29 nitrogen and oxygen atoms in total. The van der Waals surface area contributed by atoms with Gasteiger partial charge in [0.25, 0.3) is 47.8 Å². The van der Waals surface area contributed by atoms with E-state index in [9.17, 15) is 54.5 Å². The minimum Gasteiger partial charge on any atom is -0.340 e. The van der Waals surface area contributed by atoms with Crippen molar-refractivity contribution in [2.75, 3.05) is 93.2 Å². The molecule has 3 saturated heterocycles. The van der Waals surface area contributed by atoms with E-state index in [1.165, 1.54) is 81.6 Å². The summed E-state index contributed by atoms with van der Waals surface area (Å²) in [5.41, 5.74) is 1.79. The summed E-state index contributed by atoms with van der Waals surface area (Å²) in [6, 6.07) is 38.2. The molecule has 632 valence electrons. The van der Waals surface area contributed by atoms with Crippen molar-refractivity contribution in [2.24, 2.45) is 0 Å². The summed E-state index contributed by atoms with van der Waals surface area (Å²) in [6.07, 6.45) is 9.35. The van der Waals surface area contributed by atoms with Gasteiger partial charge in [-0.1, -0.05) is 156 Å². The Morgan fingerprint density at radius 2 is 0.725 bits per heavy atom. The van der Waals surface area contributed by atoms with Crippen molar-refractivity contribution in [1.29, 1.82) is 5.26 Å². The molecule has 0 aliphatic carbocycles. The summed E-state index contributed by atoms with van der Waals surface area (Å²) in [7, 11) is -12.1. The Balaban J connectivity index is 0.000000174. The van der Waals surface area contributed by atoms with E-state index in [1.54, 1.807) is 120 Å². The lowest BCUT2D eigenvalue weighted by molar-refractivity contribution is -0.130. The summed E-state index contributed by atoms with van der Waals surface area (Å²) < 4.78 is 92.8. The fourth-order valence-electron chi connectivity index (χ4n) is 15.4. The molecule has 6 aromatic carbocycles. The number of imidazole rings is 3. The fourth-order valence-corrected chi connectivity index (χ4v) is 22.0. The first-order valence-corrected chi connectivity index (χ1v) is 43.9. The molecule has 0 radical (unpaired) electrons. The quantitative estimate of drug-likeness (QED) is 0.0939. The number of sulfonamides is 3. The molecular formula is C81H85BrCl6N18O11S3. The fraction of sp³-hybridized carbons (Fsp3) is 0.321. The predicted octanol–water partition coefficient (Wildman–Crippen LogP) is 13.8. The van der Waals surface area contributed by atoms with Crippen molar-refractivity contribution < 1.29 is 49.2 Å². The van der Waals surface area contributed by atoms with E-state index in [1.807, 2.05) is 48.5 Å². The van der Waals surface area contributed by atoms with E-state index in [-0.39, 0.29) is 150 Å². The topological polar surface area (TPSA) is 329 Å². The minimum atomic E-state index is -4.09. The number of halogens is 7. The Labute approximate surface area is 735 Å². The highest BCUT2D eigenvalue weighted by atomic mass is 79.9. The molecule has 120 heavy (non-hydrogen) atoms. The number of amides is 5. The van der Waals surface area contributed by atoms with Crippen LogP contribution in [0.15, 0.2) is 184 Å². The molecule has 0 saturated carbocycles. The summed E-state index contributed by atoms with van der Waals surface area (Å²) in [6.45, 7) is 11.4. The van der Waals surface area contributed by atoms with Gasteiger partial charge in [0.15, 0.2) is 15.1 Å². The van der Waals surface area contributed by atoms with Crippen molar-refractivity contribution >= 4 is 180 Å². The average molecular weight is 1880 g/mol.